The van der Waals surface area contributed by atoms with Gasteiger partial charge in [-0.2, -0.15) is 5.10 Å². The molecule has 3 aromatic rings. The van der Waals surface area contributed by atoms with Crippen LogP contribution in [0.3, 0.4) is 0 Å². The van der Waals surface area contributed by atoms with Crippen molar-refractivity contribution < 1.29 is 14.5 Å². The van der Waals surface area contributed by atoms with Gasteiger partial charge in [-0.15, -0.1) is 0 Å². The summed E-state index contributed by atoms with van der Waals surface area (Å²) in [5.74, 6) is 0.198. The van der Waals surface area contributed by atoms with E-state index in [0.29, 0.717) is 5.75 Å². The standard InChI is InChI=1S/C19H19N5O4/c1-14(15-3-5-16(6-4-15)23-13-20-12-21-23)22(2)19(25)11-28-18-9-7-17(8-10-18)24(26)27/h3-10,12-14H,11H2,1-2H3/t14-/m0/s1. The van der Waals surface area contributed by atoms with E-state index in [1.165, 1.54) is 30.6 Å². The fourth-order valence-electron chi connectivity index (χ4n) is 2.60. The van der Waals surface area contributed by atoms with E-state index in [9.17, 15) is 14.9 Å². The number of aromatic nitrogens is 3. The van der Waals surface area contributed by atoms with Crippen molar-refractivity contribution in [2.45, 2.75) is 13.0 Å². The van der Waals surface area contributed by atoms with Crippen molar-refractivity contribution in [2.75, 3.05) is 13.7 Å². The molecule has 28 heavy (non-hydrogen) atoms. The Morgan fingerprint density at radius 2 is 1.89 bits per heavy atom. The van der Waals surface area contributed by atoms with Crippen molar-refractivity contribution in [3.8, 4) is 11.4 Å². The lowest BCUT2D eigenvalue weighted by Crippen LogP contribution is -2.33. The number of carbonyl (C=O) groups excluding carboxylic acids is 1. The molecule has 9 heteroatoms. The quantitative estimate of drug-likeness (QED) is 0.460. The monoisotopic (exact) mass is 381 g/mol. The van der Waals surface area contributed by atoms with Gasteiger partial charge in [-0.3, -0.25) is 14.9 Å². The van der Waals surface area contributed by atoms with Gasteiger partial charge in [0.05, 0.1) is 16.7 Å². The number of non-ortho nitro benzene ring substituents is 1. The summed E-state index contributed by atoms with van der Waals surface area (Å²) < 4.78 is 7.10. The largest absolute Gasteiger partial charge is 0.484 e. The third kappa shape index (κ3) is 4.32. The zero-order chi connectivity index (χ0) is 20.1. The normalized spacial score (nSPS) is 11.6. The van der Waals surface area contributed by atoms with Crippen molar-refractivity contribution in [3.63, 3.8) is 0 Å². The number of amides is 1. The maximum atomic E-state index is 12.4. The van der Waals surface area contributed by atoms with Crippen LogP contribution in [0, 0.1) is 10.1 Å². The minimum Gasteiger partial charge on any atom is -0.484 e. The minimum absolute atomic E-state index is 0.0289. The van der Waals surface area contributed by atoms with Gasteiger partial charge in [0, 0.05) is 19.2 Å². The van der Waals surface area contributed by atoms with Crippen LogP contribution in [-0.4, -0.2) is 44.1 Å². The Morgan fingerprint density at radius 3 is 2.46 bits per heavy atom. The number of nitrogens with zero attached hydrogens (tertiary/aromatic N) is 5. The minimum atomic E-state index is -0.488. The van der Waals surface area contributed by atoms with Gasteiger partial charge in [0.15, 0.2) is 6.61 Å². The first-order chi connectivity index (χ1) is 13.5. The highest BCUT2D eigenvalue weighted by Crippen LogP contribution is 2.21. The fourth-order valence-corrected chi connectivity index (χ4v) is 2.60. The van der Waals surface area contributed by atoms with Gasteiger partial charge in [-0.25, -0.2) is 9.67 Å². The van der Waals surface area contributed by atoms with Crippen molar-refractivity contribution in [1.29, 1.82) is 0 Å². The molecule has 1 amide bonds. The molecule has 0 spiro atoms. The number of nitro groups is 1. The lowest BCUT2D eigenvalue weighted by atomic mass is 10.1. The predicted molar refractivity (Wildman–Crippen MR) is 101 cm³/mol. The number of hydrogen-bond donors (Lipinski definition) is 0. The molecule has 9 nitrogen and oxygen atoms in total. The van der Waals surface area contributed by atoms with Crippen LogP contribution in [0.15, 0.2) is 61.2 Å². The molecule has 0 aliphatic heterocycles. The lowest BCUT2D eigenvalue weighted by Gasteiger charge is -2.25. The smallest absolute Gasteiger partial charge is 0.269 e. The van der Waals surface area contributed by atoms with Crippen LogP contribution in [0.2, 0.25) is 0 Å². The Kier molecular flexibility index (Phi) is 5.64. The van der Waals surface area contributed by atoms with E-state index >= 15 is 0 Å². The maximum absolute atomic E-state index is 12.4. The Hall–Kier alpha value is -3.75. The van der Waals surface area contributed by atoms with E-state index in [0.717, 1.165) is 11.3 Å². The average molecular weight is 381 g/mol. The second kappa shape index (κ2) is 8.30. The molecule has 0 saturated heterocycles. The van der Waals surface area contributed by atoms with Crippen LogP contribution in [0.1, 0.15) is 18.5 Å². The van der Waals surface area contributed by atoms with E-state index in [1.54, 1.807) is 23.0 Å². The lowest BCUT2D eigenvalue weighted by molar-refractivity contribution is -0.384. The first-order valence-corrected chi connectivity index (χ1v) is 8.53. The highest BCUT2D eigenvalue weighted by Gasteiger charge is 2.18. The van der Waals surface area contributed by atoms with E-state index < -0.39 is 4.92 Å². The number of rotatable bonds is 7. The van der Waals surface area contributed by atoms with Gasteiger partial charge in [0.25, 0.3) is 11.6 Å². The summed E-state index contributed by atoms with van der Waals surface area (Å²) in [7, 11) is 1.71. The van der Waals surface area contributed by atoms with Crippen molar-refractivity contribution in [3.05, 3.63) is 76.9 Å². The zero-order valence-electron chi connectivity index (χ0n) is 15.4. The highest BCUT2D eigenvalue weighted by molar-refractivity contribution is 5.78. The molecule has 144 valence electrons. The molecule has 0 aliphatic rings. The average Bonchev–Trinajstić information content (AvgIpc) is 3.26. The van der Waals surface area contributed by atoms with Gasteiger partial charge in [-0.05, 0) is 36.8 Å². The summed E-state index contributed by atoms with van der Waals surface area (Å²) in [4.78, 5) is 28.1. The molecule has 1 atom stereocenters. The summed E-state index contributed by atoms with van der Waals surface area (Å²) in [6.07, 6.45) is 3.08. The Labute approximate surface area is 161 Å². The third-order valence-corrected chi connectivity index (χ3v) is 4.44. The molecule has 2 aromatic carbocycles. The van der Waals surface area contributed by atoms with Crippen LogP contribution in [0.5, 0.6) is 5.75 Å². The number of benzene rings is 2. The molecule has 0 bridgehead atoms. The highest BCUT2D eigenvalue weighted by atomic mass is 16.6. The van der Waals surface area contributed by atoms with Crippen molar-refractivity contribution >= 4 is 11.6 Å². The topological polar surface area (TPSA) is 103 Å². The van der Waals surface area contributed by atoms with Gasteiger partial charge < -0.3 is 9.64 Å². The van der Waals surface area contributed by atoms with Crippen molar-refractivity contribution in [1.82, 2.24) is 19.7 Å². The van der Waals surface area contributed by atoms with E-state index in [2.05, 4.69) is 10.1 Å². The van der Waals surface area contributed by atoms with Gasteiger partial charge in [0.1, 0.15) is 18.4 Å². The number of carbonyl (C=O) groups is 1. The summed E-state index contributed by atoms with van der Waals surface area (Å²) in [5.41, 5.74) is 1.82. The molecular weight excluding hydrogens is 362 g/mol. The third-order valence-electron chi connectivity index (χ3n) is 4.44. The van der Waals surface area contributed by atoms with Gasteiger partial charge >= 0.3 is 0 Å². The van der Waals surface area contributed by atoms with E-state index in [1.807, 2.05) is 31.2 Å². The predicted octanol–water partition coefficient (Wildman–Crippen LogP) is 2.77. The second-order valence-electron chi connectivity index (χ2n) is 6.15. The summed E-state index contributed by atoms with van der Waals surface area (Å²) in [6, 6.07) is 13.1. The van der Waals surface area contributed by atoms with Crippen LogP contribution < -0.4 is 4.74 Å². The number of hydrogen-bond acceptors (Lipinski definition) is 6. The van der Waals surface area contributed by atoms with Crippen LogP contribution >= 0.6 is 0 Å². The van der Waals surface area contributed by atoms with Gasteiger partial charge in [0.2, 0.25) is 0 Å². The maximum Gasteiger partial charge on any atom is 0.269 e. The van der Waals surface area contributed by atoms with E-state index in [-0.39, 0.29) is 24.2 Å². The Balaban J connectivity index is 1.58. The molecule has 0 aliphatic carbocycles. The number of likely N-dealkylation sites (N-methyl/N-ethyl adjacent to an activating group) is 1. The van der Waals surface area contributed by atoms with Crippen LogP contribution in [0.25, 0.3) is 5.69 Å². The molecule has 0 radical (unpaired) electrons. The molecule has 1 heterocycles. The second-order valence-corrected chi connectivity index (χ2v) is 6.15. The molecule has 0 unspecified atom stereocenters. The summed E-state index contributed by atoms with van der Waals surface area (Å²) in [5, 5.41) is 14.7. The molecule has 0 fully saturated rings. The number of ether oxygens (including phenoxy) is 1. The first kappa shape index (κ1) is 19.0. The zero-order valence-corrected chi connectivity index (χ0v) is 15.4. The molecular formula is C19H19N5O4. The summed E-state index contributed by atoms with van der Waals surface area (Å²) >= 11 is 0. The van der Waals surface area contributed by atoms with Crippen molar-refractivity contribution in [2.24, 2.45) is 0 Å². The molecule has 3 rings (SSSR count). The SMILES string of the molecule is C[C@@H](c1ccc(-n2cncn2)cc1)N(C)C(=O)COc1ccc([N+](=O)[O-])cc1. The fraction of sp³-hybridized carbons (Fsp3) is 0.211. The Bertz CT molecular complexity index is 939. The molecule has 1 aromatic heterocycles. The summed E-state index contributed by atoms with van der Waals surface area (Å²) in [6.45, 7) is 1.77. The van der Waals surface area contributed by atoms with E-state index in [4.69, 9.17) is 4.74 Å². The Morgan fingerprint density at radius 1 is 1.21 bits per heavy atom. The number of nitro benzene ring substituents is 1. The van der Waals surface area contributed by atoms with Crippen LogP contribution in [0.4, 0.5) is 5.69 Å². The van der Waals surface area contributed by atoms with Gasteiger partial charge in [-0.1, -0.05) is 12.1 Å². The molecule has 0 N–H and O–H groups in total. The molecule has 0 saturated carbocycles. The van der Waals surface area contributed by atoms with Crippen LogP contribution in [-0.2, 0) is 4.79 Å². The first-order valence-electron chi connectivity index (χ1n) is 8.53.